The topological polar surface area (TPSA) is 59.1 Å². The molecule has 0 radical (unpaired) electrons. The molecule has 0 aliphatic rings. The Morgan fingerprint density at radius 2 is 1.85 bits per heavy atom. The van der Waals surface area contributed by atoms with Gasteiger partial charge in [-0.3, -0.25) is 4.98 Å². The fraction of sp³-hybridized carbons (Fsp3) is 0.357. The highest BCUT2D eigenvalue weighted by atomic mass is 19.4. The normalized spacial score (nSPS) is 16.9. The first-order chi connectivity index (χ1) is 9.14. The zero-order valence-electron chi connectivity index (χ0n) is 11.1. The second-order valence-corrected chi connectivity index (χ2v) is 4.99. The van der Waals surface area contributed by atoms with Crippen LogP contribution in [0.2, 0.25) is 0 Å². The predicted molar refractivity (Wildman–Crippen MR) is 70.1 cm³/mol. The van der Waals surface area contributed by atoms with Crippen LogP contribution in [-0.2, 0) is 0 Å². The average Bonchev–Trinajstić information content (AvgIpc) is 2.35. The van der Waals surface area contributed by atoms with Crippen molar-refractivity contribution in [2.75, 3.05) is 0 Å². The second-order valence-electron chi connectivity index (χ2n) is 4.99. The summed E-state index contributed by atoms with van der Waals surface area (Å²) in [5.74, 6) is 0. The number of hydrogen-bond acceptors (Lipinski definition) is 3. The van der Waals surface area contributed by atoms with Crippen molar-refractivity contribution in [1.82, 2.24) is 4.98 Å². The molecule has 1 aromatic heterocycles. The van der Waals surface area contributed by atoms with Gasteiger partial charge in [0.2, 0.25) is 0 Å². The lowest BCUT2D eigenvalue weighted by molar-refractivity contribution is -0.261. The molecule has 0 saturated heterocycles. The summed E-state index contributed by atoms with van der Waals surface area (Å²) in [4.78, 5) is 4.24. The Labute approximate surface area is 114 Å². The Kier molecular flexibility index (Phi) is 3.47. The van der Waals surface area contributed by atoms with Crippen molar-refractivity contribution in [3.63, 3.8) is 0 Å². The molecule has 3 N–H and O–H groups in total. The van der Waals surface area contributed by atoms with Crippen LogP contribution in [0.3, 0.4) is 0 Å². The van der Waals surface area contributed by atoms with Crippen molar-refractivity contribution >= 4 is 10.9 Å². The molecular formula is C14H15F3N2O. The molecule has 6 heteroatoms. The van der Waals surface area contributed by atoms with Crippen LogP contribution >= 0.6 is 0 Å². The van der Waals surface area contributed by atoms with E-state index in [2.05, 4.69) is 4.98 Å². The van der Waals surface area contributed by atoms with Crippen molar-refractivity contribution in [2.24, 2.45) is 5.73 Å². The lowest BCUT2D eigenvalue weighted by Gasteiger charge is -2.32. The van der Waals surface area contributed by atoms with Crippen LogP contribution in [0.15, 0.2) is 30.3 Å². The van der Waals surface area contributed by atoms with E-state index < -0.39 is 17.8 Å². The molecule has 20 heavy (non-hydrogen) atoms. The highest BCUT2D eigenvalue weighted by molar-refractivity contribution is 5.83. The number of pyridine rings is 1. The molecule has 0 amide bonds. The number of aliphatic hydroxyl groups is 1. The van der Waals surface area contributed by atoms with E-state index in [-0.39, 0.29) is 5.56 Å². The first-order valence-electron chi connectivity index (χ1n) is 6.05. The average molecular weight is 284 g/mol. The number of fused-ring (bicyclic) bond motifs is 1. The number of alkyl halides is 3. The number of nitrogens with zero attached hydrogens (tertiary/aromatic N) is 1. The van der Waals surface area contributed by atoms with Crippen LogP contribution in [-0.4, -0.2) is 21.9 Å². The van der Waals surface area contributed by atoms with Crippen LogP contribution in [0.5, 0.6) is 0 Å². The first kappa shape index (κ1) is 14.7. The van der Waals surface area contributed by atoms with E-state index in [1.54, 1.807) is 31.2 Å². The van der Waals surface area contributed by atoms with E-state index in [9.17, 15) is 18.3 Å². The van der Waals surface area contributed by atoms with Gasteiger partial charge in [-0.2, -0.15) is 13.2 Å². The van der Waals surface area contributed by atoms with Crippen molar-refractivity contribution in [3.05, 3.63) is 41.6 Å². The third kappa shape index (κ3) is 2.36. The van der Waals surface area contributed by atoms with E-state index in [1.165, 1.54) is 6.07 Å². The van der Waals surface area contributed by atoms with Crippen LogP contribution in [0.4, 0.5) is 13.2 Å². The van der Waals surface area contributed by atoms with Gasteiger partial charge in [0.25, 0.3) is 0 Å². The summed E-state index contributed by atoms with van der Waals surface area (Å²) >= 11 is 0. The third-order valence-electron chi connectivity index (χ3n) is 3.42. The molecule has 2 aromatic rings. The standard InChI is InChI=1S/C14H15F3N2O/c1-8-6-7-9-10(4-3-5-11(9)19-8)12(18)13(2,20)14(15,16)17/h3-7,12,20H,18H2,1-2H3. The van der Waals surface area contributed by atoms with Gasteiger partial charge in [0.1, 0.15) is 0 Å². The van der Waals surface area contributed by atoms with E-state index in [0.29, 0.717) is 17.8 Å². The molecule has 1 heterocycles. The van der Waals surface area contributed by atoms with Gasteiger partial charge >= 0.3 is 6.18 Å². The van der Waals surface area contributed by atoms with Gasteiger partial charge in [0, 0.05) is 11.1 Å². The minimum absolute atomic E-state index is 0.220. The highest BCUT2D eigenvalue weighted by Gasteiger charge is 2.54. The number of hydrogen-bond donors (Lipinski definition) is 2. The van der Waals surface area contributed by atoms with Crippen molar-refractivity contribution < 1.29 is 18.3 Å². The number of benzene rings is 1. The predicted octanol–water partition coefficient (Wildman–Crippen LogP) is 2.86. The van der Waals surface area contributed by atoms with Crippen LogP contribution in [0.1, 0.15) is 24.2 Å². The fourth-order valence-electron chi connectivity index (χ4n) is 2.03. The van der Waals surface area contributed by atoms with Gasteiger partial charge in [0.05, 0.1) is 11.6 Å². The first-order valence-corrected chi connectivity index (χ1v) is 6.05. The van der Waals surface area contributed by atoms with Gasteiger partial charge < -0.3 is 10.8 Å². The van der Waals surface area contributed by atoms with Crippen molar-refractivity contribution in [1.29, 1.82) is 0 Å². The summed E-state index contributed by atoms with van der Waals surface area (Å²) in [6.45, 7) is 2.47. The smallest absolute Gasteiger partial charge is 0.379 e. The van der Waals surface area contributed by atoms with Crippen LogP contribution < -0.4 is 5.73 Å². The van der Waals surface area contributed by atoms with Gasteiger partial charge in [0.15, 0.2) is 5.60 Å². The lowest BCUT2D eigenvalue weighted by Crippen LogP contribution is -2.50. The summed E-state index contributed by atoms with van der Waals surface area (Å²) in [5.41, 5.74) is 4.18. The molecule has 3 nitrogen and oxygen atoms in total. The van der Waals surface area contributed by atoms with E-state index in [4.69, 9.17) is 5.73 Å². The Bertz CT molecular complexity index is 638. The maximum Gasteiger partial charge on any atom is 0.418 e. The molecule has 0 saturated carbocycles. The molecular weight excluding hydrogens is 269 g/mol. The zero-order valence-corrected chi connectivity index (χ0v) is 11.1. The van der Waals surface area contributed by atoms with Crippen LogP contribution in [0, 0.1) is 6.92 Å². The minimum atomic E-state index is -4.81. The zero-order chi connectivity index (χ0) is 15.1. The largest absolute Gasteiger partial charge is 0.418 e. The molecule has 0 spiro atoms. The maximum absolute atomic E-state index is 12.9. The van der Waals surface area contributed by atoms with Gasteiger partial charge in [-0.15, -0.1) is 0 Å². The molecule has 0 aliphatic carbocycles. The summed E-state index contributed by atoms with van der Waals surface area (Å²) in [7, 11) is 0. The molecule has 2 atom stereocenters. The molecule has 2 rings (SSSR count). The van der Waals surface area contributed by atoms with Crippen molar-refractivity contribution in [2.45, 2.75) is 31.7 Å². The summed E-state index contributed by atoms with van der Waals surface area (Å²) in [5, 5.41) is 10.2. The fourth-order valence-corrected chi connectivity index (χ4v) is 2.03. The lowest BCUT2D eigenvalue weighted by atomic mass is 9.88. The quantitative estimate of drug-likeness (QED) is 0.891. The SMILES string of the molecule is Cc1ccc2c(C(N)C(C)(O)C(F)(F)F)cccc2n1. The minimum Gasteiger partial charge on any atom is -0.379 e. The Morgan fingerprint density at radius 3 is 2.45 bits per heavy atom. The molecule has 2 unspecified atom stereocenters. The molecule has 0 bridgehead atoms. The van der Waals surface area contributed by atoms with E-state index in [0.717, 1.165) is 5.69 Å². The van der Waals surface area contributed by atoms with Gasteiger partial charge in [-0.05, 0) is 31.5 Å². The molecule has 108 valence electrons. The monoisotopic (exact) mass is 284 g/mol. The van der Waals surface area contributed by atoms with Crippen LogP contribution in [0.25, 0.3) is 10.9 Å². The summed E-state index contributed by atoms with van der Waals surface area (Å²) in [6.07, 6.45) is -4.81. The summed E-state index contributed by atoms with van der Waals surface area (Å²) < 4.78 is 38.7. The second kappa shape index (κ2) is 4.71. The van der Waals surface area contributed by atoms with E-state index in [1.807, 2.05) is 0 Å². The van der Waals surface area contributed by atoms with Gasteiger partial charge in [-0.25, -0.2) is 0 Å². The Balaban J connectivity index is 2.59. The highest BCUT2D eigenvalue weighted by Crippen LogP contribution is 2.39. The Hall–Kier alpha value is -1.66. The molecule has 0 fully saturated rings. The Morgan fingerprint density at radius 1 is 1.20 bits per heavy atom. The third-order valence-corrected chi connectivity index (χ3v) is 3.42. The number of rotatable bonds is 2. The molecule has 1 aromatic carbocycles. The number of nitrogens with two attached hydrogens (primary N) is 1. The number of aryl methyl sites for hydroxylation is 1. The molecule has 0 aliphatic heterocycles. The maximum atomic E-state index is 12.9. The number of aromatic nitrogens is 1. The summed E-state index contributed by atoms with van der Waals surface area (Å²) in [6, 6.07) is 6.53. The number of halogens is 3. The van der Waals surface area contributed by atoms with Crippen molar-refractivity contribution in [3.8, 4) is 0 Å². The van der Waals surface area contributed by atoms with E-state index >= 15 is 0 Å². The van der Waals surface area contributed by atoms with Gasteiger partial charge in [-0.1, -0.05) is 18.2 Å².